The number of carbonyl (C=O) groups is 2. The monoisotopic (exact) mass is 394 g/mol. The fourth-order valence-corrected chi connectivity index (χ4v) is 3.52. The predicted octanol–water partition coefficient (Wildman–Crippen LogP) is 1.96. The molecular weight excluding hydrogens is 372 g/mol. The maximum Gasteiger partial charge on any atom is 0.334 e. The lowest BCUT2D eigenvalue weighted by atomic mass is 9.87. The number of hydrogen-bond acceptors (Lipinski definition) is 5. The van der Waals surface area contributed by atoms with E-state index in [-0.39, 0.29) is 22.8 Å². The number of rotatable bonds is 7. The summed E-state index contributed by atoms with van der Waals surface area (Å²) < 4.78 is 30.6. The molecule has 1 aromatic heterocycles. The van der Waals surface area contributed by atoms with Crippen molar-refractivity contribution in [3.8, 4) is 0 Å². The van der Waals surface area contributed by atoms with Crippen LogP contribution in [-0.2, 0) is 20.4 Å². The SMILES string of the molecule is CCC(NC(=O)c1cc(S(=O)(=O)N(C)C)oc1C)(C(=O)O)c1ccccc1. The third kappa shape index (κ3) is 3.74. The van der Waals surface area contributed by atoms with Crippen molar-refractivity contribution in [2.45, 2.75) is 30.9 Å². The molecule has 8 nitrogen and oxygen atoms in total. The van der Waals surface area contributed by atoms with Gasteiger partial charge in [0.1, 0.15) is 5.76 Å². The Morgan fingerprint density at radius 3 is 2.30 bits per heavy atom. The van der Waals surface area contributed by atoms with Crippen LogP contribution in [0.5, 0.6) is 0 Å². The van der Waals surface area contributed by atoms with E-state index < -0.39 is 27.4 Å². The molecule has 0 aliphatic carbocycles. The predicted molar refractivity (Wildman–Crippen MR) is 97.8 cm³/mol. The highest BCUT2D eigenvalue weighted by Crippen LogP contribution is 2.28. The third-order valence-electron chi connectivity index (χ3n) is 4.36. The molecule has 9 heteroatoms. The molecule has 0 aliphatic heterocycles. The number of sulfonamides is 1. The van der Waals surface area contributed by atoms with E-state index in [2.05, 4.69) is 5.32 Å². The molecule has 27 heavy (non-hydrogen) atoms. The molecule has 0 aliphatic rings. The Labute approximate surface area is 157 Å². The highest BCUT2D eigenvalue weighted by Gasteiger charge is 2.41. The lowest BCUT2D eigenvalue weighted by molar-refractivity contribution is -0.145. The summed E-state index contributed by atoms with van der Waals surface area (Å²) in [6, 6.07) is 9.43. The standard InChI is InChI=1S/C18H22N2O6S/c1-5-18(17(22)23,13-9-7-6-8-10-13)19-16(21)14-11-15(26-12(14)2)27(24,25)20(3)4/h6-11H,5H2,1-4H3,(H,19,21)(H,22,23). The zero-order valence-electron chi connectivity index (χ0n) is 15.5. The number of carboxylic acid groups (broad SMARTS) is 1. The zero-order chi connectivity index (χ0) is 20.4. The van der Waals surface area contributed by atoms with E-state index in [0.29, 0.717) is 5.56 Å². The minimum Gasteiger partial charge on any atom is -0.479 e. The summed E-state index contributed by atoms with van der Waals surface area (Å²) in [5.74, 6) is -1.87. The number of nitrogens with one attached hydrogen (secondary N) is 1. The summed E-state index contributed by atoms with van der Waals surface area (Å²) in [7, 11) is -1.18. The van der Waals surface area contributed by atoms with Crippen LogP contribution >= 0.6 is 0 Å². The second-order valence-corrected chi connectivity index (χ2v) is 8.29. The molecule has 1 unspecified atom stereocenters. The first-order chi connectivity index (χ1) is 12.6. The van der Waals surface area contributed by atoms with Crippen molar-refractivity contribution in [3.05, 3.63) is 53.3 Å². The normalized spacial score (nSPS) is 14.0. The molecular formula is C18H22N2O6S. The summed E-state index contributed by atoms with van der Waals surface area (Å²) in [5, 5.41) is 12.0. The number of aryl methyl sites for hydroxylation is 1. The van der Waals surface area contributed by atoms with Crippen LogP contribution < -0.4 is 5.32 Å². The van der Waals surface area contributed by atoms with Gasteiger partial charge < -0.3 is 14.8 Å². The van der Waals surface area contributed by atoms with Crippen molar-refractivity contribution < 1.29 is 27.5 Å². The summed E-state index contributed by atoms with van der Waals surface area (Å²) in [6.07, 6.45) is 0.0951. The molecule has 0 saturated heterocycles. The van der Waals surface area contributed by atoms with Gasteiger partial charge in [-0.3, -0.25) is 4.79 Å². The fourth-order valence-electron chi connectivity index (χ4n) is 2.66. The van der Waals surface area contributed by atoms with Crippen LogP contribution in [0.1, 0.15) is 35.0 Å². The Kier molecular flexibility index (Phi) is 5.76. The number of benzene rings is 1. The molecule has 2 rings (SSSR count). The van der Waals surface area contributed by atoms with Gasteiger partial charge in [-0.05, 0) is 18.9 Å². The van der Waals surface area contributed by atoms with Crippen molar-refractivity contribution >= 4 is 21.9 Å². The van der Waals surface area contributed by atoms with Crippen molar-refractivity contribution in [2.75, 3.05) is 14.1 Å². The highest BCUT2D eigenvalue weighted by molar-refractivity contribution is 7.88. The second kappa shape index (κ2) is 7.53. The molecule has 0 saturated carbocycles. The van der Waals surface area contributed by atoms with Crippen molar-refractivity contribution in [1.82, 2.24) is 9.62 Å². The van der Waals surface area contributed by atoms with Gasteiger partial charge in [0.15, 0.2) is 5.54 Å². The van der Waals surface area contributed by atoms with Crippen molar-refractivity contribution in [1.29, 1.82) is 0 Å². The fraction of sp³-hybridized carbons (Fsp3) is 0.333. The topological polar surface area (TPSA) is 117 Å². The van der Waals surface area contributed by atoms with E-state index in [4.69, 9.17) is 4.42 Å². The lowest BCUT2D eigenvalue weighted by Gasteiger charge is -2.29. The second-order valence-electron chi connectivity index (χ2n) is 6.21. The molecule has 1 aromatic carbocycles. The van der Waals surface area contributed by atoms with E-state index in [1.807, 2.05) is 0 Å². The number of hydrogen-bond donors (Lipinski definition) is 2. The van der Waals surface area contributed by atoms with Gasteiger partial charge >= 0.3 is 5.97 Å². The number of carboxylic acids is 1. The lowest BCUT2D eigenvalue weighted by Crippen LogP contribution is -2.51. The maximum atomic E-state index is 12.8. The van der Waals surface area contributed by atoms with Crippen LogP contribution in [0.3, 0.4) is 0 Å². The van der Waals surface area contributed by atoms with Gasteiger partial charge in [-0.2, -0.15) is 0 Å². The van der Waals surface area contributed by atoms with Crippen LogP contribution in [0.25, 0.3) is 0 Å². The number of furan rings is 1. The van der Waals surface area contributed by atoms with Gasteiger partial charge in [-0.25, -0.2) is 17.5 Å². The Balaban J connectivity index is 2.46. The van der Waals surface area contributed by atoms with Crippen molar-refractivity contribution in [3.63, 3.8) is 0 Å². The first-order valence-electron chi connectivity index (χ1n) is 8.20. The zero-order valence-corrected chi connectivity index (χ0v) is 16.3. The van der Waals surface area contributed by atoms with Gasteiger partial charge in [0.05, 0.1) is 5.56 Å². The molecule has 0 radical (unpaired) electrons. The Morgan fingerprint density at radius 1 is 1.22 bits per heavy atom. The quantitative estimate of drug-likeness (QED) is 0.741. The van der Waals surface area contributed by atoms with Crippen LogP contribution in [0.15, 0.2) is 45.9 Å². The summed E-state index contributed by atoms with van der Waals surface area (Å²) >= 11 is 0. The molecule has 1 atom stereocenters. The summed E-state index contributed by atoms with van der Waals surface area (Å²) in [5.41, 5.74) is -1.27. The van der Waals surface area contributed by atoms with Gasteiger partial charge in [0.25, 0.3) is 15.9 Å². The van der Waals surface area contributed by atoms with Crippen LogP contribution in [-0.4, -0.2) is 43.8 Å². The number of aliphatic carboxylic acids is 1. The summed E-state index contributed by atoms with van der Waals surface area (Å²) in [6.45, 7) is 3.09. The number of nitrogens with zero attached hydrogens (tertiary/aromatic N) is 1. The van der Waals surface area contributed by atoms with E-state index in [1.54, 1.807) is 37.3 Å². The minimum atomic E-state index is -3.86. The summed E-state index contributed by atoms with van der Waals surface area (Å²) in [4.78, 5) is 24.8. The average Bonchev–Trinajstić information content (AvgIpc) is 3.02. The third-order valence-corrected chi connectivity index (χ3v) is 6.03. The molecule has 0 bridgehead atoms. The maximum absolute atomic E-state index is 12.8. The molecule has 2 N–H and O–H groups in total. The number of carbonyl (C=O) groups excluding carboxylic acids is 1. The molecule has 1 heterocycles. The van der Waals surface area contributed by atoms with E-state index in [0.717, 1.165) is 10.4 Å². The molecule has 0 spiro atoms. The van der Waals surface area contributed by atoms with Crippen molar-refractivity contribution in [2.24, 2.45) is 0 Å². The molecule has 0 fully saturated rings. The van der Waals surface area contributed by atoms with E-state index in [9.17, 15) is 23.1 Å². The first kappa shape index (κ1) is 20.7. The van der Waals surface area contributed by atoms with Crippen LogP contribution in [0, 0.1) is 6.92 Å². The van der Waals surface area contributed by atoms with Gasteiger partial charge in [0, 0.05) is 20.2 Å². The minimum absolute atomic E-state index is 0.0366. The number of amides is 1. The smallest absolute Gasteiger partial charge is 0.334 e. The Morgan fingerprint density at radius 2 is 1.81 bits per heavy atom. The highest BCUT2D eigenvalue weighted by atomic mass is 32.2. The molecule has 2 aromatic rings. The Bertz CT molecular complexity index is 949. The molecule has 1 amide bonds. The van der Waals surface area contributed by atoms with Crippen LogP contribution in [0.4, 0.5) is 0 Å². The van der Waals surface area contributed by atoms with Gasteiger partial charge in [-0.15, -0.1) is 0 Å². The Hall–Kier alpha value is -2.65. The average molecular weight is 394 g/mol. The van der Waals surface area contributed by atoms with E-state index >= 15 is 0 Å². The largest absolute Gasteiger partial charge is 0.479 e. The molecule has 146 valence electrons. The van der Waals surface area contributed by atoms with Gasteiger partial charge in [-0.1, -0.05) is 37.3 Å². The van der Waals surface area contributed by atoms with Crippen LogP contribution in [0.2, 0.25) is 0 Å². The van der Waals surface area contributed by atoms with Gasteiger partial charge in [0.2, 0.25) is 5.09 Å². The van der Waals surface area contributed by atoms with E-state index in [1.165, 1.54) is 21.0 Å². The first-order valence-corrected chi connectivity index (χ1v) is 9.64.